The van der Waals surface area contributed by atoms with Gasteiger partial charge in [-0.05, 0) is 50.2 Å². The highest BCUT2D eigenvalue weighted by atomic mass is 35.5. The molecule has 0 N–H and O–H groups in total. The molecule has 1 aromatic carbocycles. The minimum absolute atomic E-state index is 0.606. The zero-order valence-corrected chi connectivity index (χ0v) is 16.0. The van der Waals surface area contributed by atoms with Crippen LogP contribution in [-0.2, 0) is 0 Å². The lowest BCUT2D eigenvalue weighted by Gasteiger charge is -2.43. The Hall–Kier alpha value is -0.920. The van der Waals surface area contributed by atoms with Crippen molar-refractivity contribution in [2.45, 2.75) is 57.4 Å². The largest absolute Gasteiger partial charge is 0.372 e. The zero-order chi connectivity index (χ0) is 17.4. The molecule has 2 fully saturated rings. The normalized spacial score (nSPS) is 21.8. The molecule has 1 saturated heterocycles. The van der Waals surface area contributed by atoms with Crippen LogP contribution in [-0.4, -0.2) is 17.5 Å². The molecule has 1 aliphatic heterocycles. The summed E-state index contributed by atoms with van der Waals surface area (Å²) in [4.78, 5) is 2.62. The van der Waals surface area contributed by atoms with Crippen molar-refractivity contribution < 1.29 is 0 Å². The molecule has 1 heterocycles. The van der Waals surface area contributed by atoms with E-state index in [1.54, 1.807) is 12.1 Å². The van der Waals surface area contributed by atoms with Gasteiger partial charge in [0.05, 0.1) is 10.0 Å². The maximum atomic E-state index is 5.58. The second kappa shape index (κ2) is 10.2. The summed E-state index contributed by atoms with van der Waals surface area (Å²) in [7, 11) is 0. The lowest BCUT2D eigenvalue weighted by Crippen LogP contribution is -2.41. The van der Waals surface area contributed by atoms with Gasteiger partial charge in [0.25, 0.3) is 0 Å². The molecule has 1 atom stereocenters. The fourth-order valence-corrected chi connectivity index (χ4v) is 3.95. The number of benzene rings is 1. The van der Waals surface area contributed by atoms with Crippen LogP contribution in [0.15, 0.2) is 49.2 Å². The van der Waals surface area contributed by atoms with Crippen molar-refractivity contribution in [3.63, 3.8) is 0 Å². The van der Waals surface area contributed by atoms with E-state index in [-0.39, 0.29) is 0 Å². The van der Waals surface area contributed by atoms with Crippen molar-refractivity contribution in [2.75, 3.05) is 6.54 Å². The maximum Gasteiger partial charge on any atom is 0.0592 e. The first kappa shape index (κ1) is 19.4. The van der Waals surface area contributed by atoms with Gasteiger partial charge in [0.1, 0.15) is 0 Å². The quantitative estimate of drug-likeness (QED) is 0.515. The summed E-state index contributed by atoms with van der Waals surface area (Å²) in [6, 6.07) is 7.99. The van der Waals surface area contributed by atoms with E-state index >= 15 is 0 Å². The number of piperidine rings is 1. The van der Waals surface area contributed by atoms with E-state index in [0.29, 0.717) is 10.0 Å². The average molecular weight is 366 g/mol. The Bertz CT molecular complexity index is 513. The Labute approximate surface area is 157 Å². The summed E-state index contributed by atoms with van der Waals surface area (Å²) in [5.41, 5.74) is 1.40. The van der Waals surface area contributed by atoms with Crippen molar-refractivity contribution in [1.82, 2.24) is 4.90 Å². The molecule has 1 aromatic rings. The van der Waals surface area contributed by atoms with Crippen molar-refractivity contribution in [2.24, 2.45) is 5.92 Å². The summed E-state index contributed by atoms with van der Waals surface area (Å²) in [6.45, 7) is 9.37. The SMILES string of the molecule is C=CC[C@@H]1CCC(=C)N(C2CCCCC2)C1.Clc1ccccc1Cl. The lowest BCUT2D eigenvalue weighted by molar-refractivity contribution is 0.141. The van der Waals surface area contributed by atoms with Gasteiger partial charge in [-0.2, -0.15) is 0 Å². The minimum Gasteiger partial charge on any atom is -0.372 e. The summed E-state index contributed by atoms with van der Waals surface area (Å²) in [6.07, 6.45) is 12.8. The molecule has 0 spiro atoms. The van der Waals surface area contributed by atoms with E-state index in [2.05, 4.69) is 24.1 Å². The molecule has 0 amide bonds. The highest BCUT2D eigenvalue weighted by molar-refractivity contribution is 6.41. The van der Waals surface area contributed by atoms with Gasteiger partial charge < -0.3 is 4.90 Å². The fourth-order valence-electron chi connectivity index (χ4n) is 3.68. The van der Waals surface area contributed by atoms with E-state index in [9.17, 15) is 0 Å². The smallest absolute Gasteiger partial charge is 0.0592 e. The zero-order valence-electron chi connectivity index (χ0n) is 14.5. The van der Waals surface area contributed by atoms with E-state index < -0.39 is 0 Å². The van der Waals surface area contributed by atoms with Crippen molar-refractivity contribution in [1.29, 1.82) is 0 Å². The molecule has 2 aliphatic rings. The molecule has 0 radical (unpaired) electrons. The average Bonchev–Trinajstić information content (AvgIpc) is 2.61. The number of rotatable bonds is 3. The van der Waals surface area contributed by atoms with Crippen LogP contribution in [0.3, 0.4) is 0 Å². The van der Waals surface area contributed by atoms with Crippen molar-refractivity contribution in [3.05, 3.63) is 59.2 Å². The van der Waals surface area contributed by atoms with Crippen LogP contribution in [0.2, 0.25) is 10.0 Å². The number of hydrogen-bond donors (Lipinski definition) is 0. The third-order valence-electron chi connectivity index (χ3n) is 5.04. The summed E-state index contributed by atoms with van der Waals surface area (Å²) in [5, 5.41) is 1.21. The second-order valence-corrected chi connectivity index (χ2v) is 7.67. The lowest BCUT2D eigenvalue weighted by atomic mass is 9.88. The molecule has 1 saturated carbocycles. The monoisotopic (exact) mass is 365 g/mol. The highest BCUT2D eigenvalue weighted by Gasteiger charge is 2.27. The van der Waals surface area contributed by atoms with Crippen LogP contribution in [0.1, 0.15) is 51.4 Å². The number of likely N-dealkylation sites (tertiary alicyclic amines) is 1. The van der Waals surface area contributed by atoms with Crippen molar-refractivity contribution in [3.8, 4) is 0 Å². The van der Waals surface area contributed by atoms with Crippen LogP contribution in [0, 0.1) is 5.92 Å². The standard InChI is InChI=1S/C15H25N.C6H4Cl2/c1-3-7-14-11-10-13(2)16(12-14)15-8-5-4-6-9-15;7-5-3-1-2-4-6(5)8/h3,14-15H,1-2,4-12H2;1-4H/t14-;/m1./s1. The van der Waals surface area contributed by atoms with Gasteiger partial charge in [-0.15, -0.1) is 6.58 Å². The number of hydrogen-bond acceptors (Lipinski definition) is 1. The first-order valence-corrected chi connectivity index (χ1v) is 9.82. The summed E-state index contributed by atoms with van der Waals surface area (Å²) >= 11 is 11.2. The van der Waals surface area contributed by atoms with Gasteiger partial charge in [-0.3, -0.25) is 0 Å². The first-order valence-electron chi connectivity index (χ1n) is 9.07. The first-order chi connectivity index (χ1) is 11.6. The van der Waals surface area contributed by atoms with Gasteiger partial charge >= 0.3 is 0 Å². The molecular formula is C21H29Cl2N. The Kier molecular flexibility index (Phi) is 8.21. The topological polar surface area (TPSA) is 3.24 Å². The fraction of sp³-hybridized carbons (Fsp3) is 0.524. The molecule has 1 aliphatic carbocycles. The molecule has 0 bridgehead atoms. The Balaban J connectivity index is 0.000000219. The van der Waals surface area contributed by atoms with Gasteiger partial charge in [0.15, 0.2) is 0 Å². The van der Waals surface area contributed by atoms with Crippen LogP contribution in [0.25, 0.3) is 0 Å². The van der Waals surface area contributed by atoms with Gasteiger partial charge in [0.2, 0.25) is 0 Å². The van der Waals surface area contributed by atoms with E-state index in [1.807, 2.05) is 12.1 Å². The minimum atomic E-state index is 0.606. The third kappa shape index (κ3) is 5.86. The molecule has 1 nitrogen and oxygen atoms in total. The third-order valence-corrected chi connectivity index (χ3v) is 5.80. The van der Waals surface area contributed by atoms with Gasteiger partial charge in [-0.25, -0.2) is 0 Å². The van der Waals surface area contributed by atoms with Gasteiger partial charge in [0, 0.05) is 18.3 Å². The molecule has 24 heavy (non-hydrogen) atoms. The highest BCUT2D eigenvalue weighted by Crippen LogP contribution is 2.32. The van der Waals surface area contributed by atoms with Crippen LogP contribution in [0.4, 0.5) is 0 Å². The maximum absolute atomic E-state index is 5.58. The summed E-state index contributed by atoms with van der Waals surface area (Å²) in [5.74, 6) is 0.824. The van der Waals surface area contributed by atoms with Crippen LogP contribution >= 0.6 is 23.2 Å². The number of nitrogens with zero attached hydrogens (tertiary/aromatic N) is 1. The predicted octanol–water partition coefficient (Wildman–Crippen LogP) is 7.11. The Morgan fingerprint density at radius 2 is 1.67 bits per heavy atom. The predicted molar refractivity (Wildman–Crippen MR) is 107 cm³/mol. The molecule has 3 heteroatoms. The molecule has 132 valence electrons. The molecule has 0 unspecified atom stereocenters. The Morgan fingerprint density at radius 3 is 2.21 bits per heavy atom. The second-order valence-electron chi connectivity index (χ2n) is 6.85. The van der Waals surface area contributed by atoms with Crippen LogP contribution in [0.5, 0.6) is 0 Å². The number of halogens is 2. The van der Waals surface area contributed by atoms with Crippen molar-refractivity contribution >= 4 is 23.2 Å². The van der Waals surface area contributed by atoms with E-state index in [1.165, 1.54) is 63.6 Å². The summed E-state index contributed by atoms with van der Waals surface area (Å²) < 4.78 is 0. The number of allylic oxidation sites excluding steroid dienone is 2. The molecule has 3 rings (SSSR count). The van der Waals surface area contributed by atoms with Gasteiger partial charge in [-0.1, -0.05) is 67.3 Å². The molecule has 0 aromatic heterocycles. The Morgan fingerprint density at radius 1 is 1.04 bits per heavy atom. The van der Waals surface area contributed by atoms with E-state index in [4.69, 9.17) is 23.2 Å². The van der Waals surface area contributed by atoms with E-state index in [0.717, 1.165) is 12.0 Å². The molecular weight excluding hydrogens is 337 g/mol. The van der Waals surface area contributed by atoms with Crippen LogP contribution < -0.4 is 0 Å².